The molecular weight excluding hydrogens is 312 g/mol. The second-order valence-corrected chi connectivity index (χ2v) is 5.78. The zero-order chi connectivity index (χ0) is 18.1. The molecule has 1 aliphatic rings. The first-order valence-electron chi connectivity index (χ1n) is 7.69. The molecule has 1 aromatic heterocycles. The zero-order valence-electron chi connectivity index (χ0n) is 14.2. The molecule has 0 radical (unpaired) electrons. The van der Waals surface area contributed by atoms with Crippen LogP contribution in [0.3, 0.4) is 0 Å². The Kier molecular flexibility index (Phi) is 4.00. The Morgan fingerprint density at radius 3 is 2.60 bits per heavy atom. The standard InChI is InChI=1S/C20H16N4O/c1-11-15(8-13-5-4-6-14(7-13)25-3)18-12(2)17(10-22)20(23)24-19(18)16(11)9-21/h4-8H,1-3H3,(H2,23,24)/b15-8+. The van der Waals surface area contributed by atoms with Crippen LogP contribution in [-0.2, 0) is 0 Å². The van der Waals surface area contributed by atoms with Crippen molar-refractivity contribution in [2.75, 3.05) is 12.8 Å². The third-order valence-electron chi connectivity index (χ3n) is 4.39. The van der Waals surface area contributed by atoms with Crippen LogP contribution in [-0.4, -0.2) is 12.1 Å². The Morgan fingerprint density at radius 2 is 1.96 bits per heavy atom. The molecule has 0 bridgehead atoms. The van der Waals surface area contributed by atoms with Gasteiger partial charge in [-0.05, 0) is 54.3 Å². The van der Waals surface area contributed by atoms with Gasteiger partial charge in [-0.15, -0.1) is 0 Å². The number of nitriles is 2. The summed E-state index contributed by atoms with van der Waals surface area (Å²) in [6.45, 7) is 3.72. The molecule has 0 amide bonds. The van der Waals surface area contributed by atoms with E-state index in [1.807, 2.05) is 44.2 Å². The topological polar surface area (TPSA) is 95.7 Å². The molecule has 2 N–H and O–H groups in total. The fourth-order valence-electron chi connectivity index (χ4n) is 3.09. The molecule has 1 heterocycles. The van der Waals surface area contributed by atoms with E-state index in [0.717, 1.165) is 33.6 Å². The number of rotatable bonds is 2. The van der Waals surface area contributed by atoms with Gasteiger partial charge in [-0.25, -0.2) is 4.98 Å². The van der Waals surface area contributed by atoms with E-state index in [1.165, 1.54) is 0 Å². The van der Waals surface area contributed by atoms with E-state index in [1.54, 1.807) is 7.11 Å². The molecule has 5 nitrogen and oxygen atoms in total. The number of pyridine rings is 1. The SMILES string of the molecule is COc1cccc(/C=C2\C(C)=C(C#N)c3nc(N)c(C#N)c(C)c32)c1. The second kappa shape index (κ2) is 6.14. The van der Waals surface area contributed by atoms with Crippen molar-refractivity contribution in [1.29, 1.82) is 10.5 Å². The van der Waals surface area contributed by atoms with Crippen molar-refractivity contribution in [3.05, 3.63) is 57.8 Å². The molecule has 0 fully saturated rings. The van der Waals surface area contributed by atoms with Gasteiger partial charge in [0.1, 0.15) is 23.7 Å². The molecular formula is C20H16N4O. The summed E-state index contributed by atoms with van der Waals surface area (Å²) < 4.78 is 5.27. The van der Waals surface area contributed by atoms with Crippen LogP contribution in [0.4, 0.5) is 5.82 Å². The molecule has 3 rings (SSSR count). The van der Waals surface area contributed by atoms with E-state index in [2.05, 4.69) is 17.1 Å². The number of allylic oxidation sites excluding steroid dienone is 3. The summed E-state index contributed by atoms with van der Waals surface area (Å²) >= 11 is 0. The molecule has 5 heteroatoms. The van der Waals surface area contributed by atoms with Gasteiger partial charge in [-0.1, -0.05) is 12.1 Å². The first kappa shape index (κ1) is 16.3. The number of nitrogens with two attached hydrogens (primary N) is 1. The predicted molar refractivity (Wildman–Crippen MR) is 97.2 cm³/mol. The number of hydrogen-bond acceptors (Lipinski definition) is 5. The average Bonchev–Trinajstić information content (AvgIpc) is 2.86. The average molecular weight is 328 g/mol. The van der Waals surface area contributed by atoms with Gasteiger partial charge in [-0.3, -0.25) is 0 Å². The summed E-state index contributed by atoms with van der Waals surface area (Å²) in [5.41, 5.74) is 11.5. The molecule has 0 spiro atoms. The molecule has 2 aromatic rings. The highest BCUT2D eigenvalue weighted by molar-refractivity contribution is 6.08. The van der Waals surface area contributed by atoms with Gasteiger partial charge in [0.15, 0.2) is 0 Å². The van der Waals surface area contributed by atoms with Crippen molar-refractivity contribution >= 4 is 23.0 Å². The molecule has 25 heavy (non-hydrogen) atoms. The number of aromatic nitrogens is 1. The van der Waals surface area contributed by atoms with Crippen LogP contribution >= 0.6 is 0 Å². The highest BCUT2D eigenvalue weighted by atomic mass is 16.5. The summed E-state index contributed by atoms with van der Waals surface area (Å²) in [5.74, 6) is 0.904. The normalized spacial score (nSPS) is 14.2. The number of methoxy groups -OCH3 is 1. The number of benzene rings is 1. The number of nitrogen functional groups attached to an aromatic ring is 1. The van der Waals surface area contributed by atoms with E-state index >= 15 is 0 Å². The number of nitrogens with zero attached hydrogens (tertiary/aromatic N) is 3. The molecule has 0 saturated carbocycles. The third kappa shape index (κ3) is 2.52. The fourth-order valence-corrected chi connectivity index (χ4v) is 3.09. The minimum Gasteiger partial charge on any atom is -0.497 e. The monoisotopic (exact) mass is 328 g/mol. The van der Waals surface area contributed by atoms with Crippen molar-refractivity contribution < 1.29 is 4.74 Å². The lowest BCUT2D eigenvalue weighted by Crippen LogP contribution is -2.03. The van der Waals surface area contributed by atoms with Crippen LogP contribution in [0, 0.1) is 29.6 Å². The van der Waals surface area contributed by atoms with E-state index in [9.17, 15) is 10.5 Å². The van der Waals surface area contributed by atoms with Crippen LogP contribution in [0.25, 0.3) is 17.2 Å². The van der Waals surface area contributed by atoms with Crippen LogP contribution in [0.15, 0.2) is 29.8 Å². The maximum atomic E-state index is 9.56. The molecule has 0 aliphatic heterocycles. The van der Waals surface area contributed by atoms with Crippen molar-refractivity contribution in [2.24, 2.45) is 0 Å². The summed E-state index contributed by atoms with van der Waals surface area (Å²) in [6, 6.07) is 12.0. The first-order chi connectivity index (χ1) is 12.0. The summed E-state index contributed by atoms with van der Waals surface area (Å²) in [6.07, 6.45) is 1.98. The highest BCUT2D eigenvalue weighted by Crippen LogP contribution is 2.44. The van der Waals surface area contributed by atoms with Gasteiger partial charge in [0.25, 0.3) is 0 Å². The Bertz CT molecular complexity index is 1030. The van der Waals surface area contributed by atoms with Gasteiger partial charge in [0.2, 0.25) is 0 Å². The molecule has 1 aromatic carbocycles. The molecule has 0 atom stereocenters. The van der Waals surface area contributed by atoms with Crippen molar-refractivity contribution in [2.45, 2.75) is 13.8 Å². The number of hydrogen-bond donors (Lipinski definition) is 1. The maximum Gasteiger partial charge on any atom is 0.142 e. The minimum atomic E-state index is 0.155. The van der Waals surface area contributed by atoms with Crippen molar-refractivity contribution in [3.63, 3.8) is 0 Å². The van der Waals surface area contributed by atoms with Crippen molar-refractivity contribution in [1.82, 2.24) is 4.98 Å². The van der Waals surface area contributed by atoms with Crippen LogP contribution in [0.5, 0.6) is 5.75 Å². The Balaban J connectivity index is 2.30. The van der Waals surface area contributed by atoms with Gasteiger partial charge in [-0.2, -0.15) is 10.5 Å². The lowest BCUT2D eigenvalue weighted by atomic mass is 9.95. The lowest BCUT2D eigenvalue weighted by molar-refractivity contribution is 0.414. The van der Waals surface area contributed by atoms with E-state index in [-0.39, 0.29) is 5.82 Å². The van der Waals surface area contributed by atoms with Crippen LogP contribution in [0.1, 0.15) is 34.9 Å². The molecule has 0 saturated heterocycles. The highest BCUT2D eigenvalue weighted by Gasteiger charge is 2.29. The van der Waals surface area contributed by atoms with Gasteiger partial charge < -0.3 is 10.5 Å². The van der Waals surface area contributed by atoms with Gasteiger partial charge in [0.05, 0.1) is 23.9 Å². The van der Waals surface area contributed by atoms with Gasteiger partial charge in [0, 0.05) is 5.56 Å². The largest absolute Gasteiger partial charge is 0.497 e. The second-order valence-electron chi connectivity index (χ2n) is 5.78. The lowest BCUT2D eigenvalue weighted by Gasteiger charge is -2.11. The maximum absolute atomic E-state index is 9.56. The smallest absolute Gasteiger partial charge is 0.142 e. The number of fused-ring (bicyclic) bond motifs is 1. The Morgan fingerprint density at radius 1 is 1.20 bits per heavy atom. The molecule has 122 valence electrons. The van der Waals surface area contributed by atoms with Crippen LogP contribution < -0.4 is 10.5 Å². The minimum absolute atomic E-state index is 0.155. The molecule has 0 unspecified atom stereocenters. The quantitative estimate of drug-likeness (QED) is 0.906. The number of ether oxygens (including phenoxy) is 1. The van der Waals surface area contributed by atoms with Gasteiger partial charge >= 0.3 is 0 Å². The summed E-state index contributed by atoms with van der Waals surface area (Å²) in [5, 5.41) is 18.9. The molecule has 1 aliphatic carbocycles. The summed E-state index contributed by atoms with van der Waals surface area (Å²) in [4.78, 5) is 4.32. The van der Waals surface area contributed by atoms with Crippen molar-refractivity contribution in [3.8, 4) is 17.9 Å². The number of anilines is 1. The van der Waals surface area contributed by atoms with E-state index in [0.29, 0.717) is 16.8 Å². The zero-order valence-corrected chi connectivity index (χ0v) is 14.2. The van der Waals surface area contributed by atoms with E-state index in [4.69, 9.17) is 10.5 Å². The Hall–Kier alpha value is -3.57. The predicted octanol–water partition coefficient (Wildman–Crippen LogP) is 3.70. The first-order valence-corrected chi connectivity index (χ1v) is 7.69. The summed E-state index contributed by atoms with van der Waals surface area (Å²) in [7, 11) is 1.62. The van der Waals surface area contributed by atoms with Crippen LogP contribution in [0.2, 0.25) is 0 Å². The Labute approximate surface area is 146 Å². The third-order valence-corrected chi connectivity index (χ3v) is 4.39. The fraction of sp³-hybridized carbons (Fsp3) is 0.150. The van der Waals surface area contributed by atoms with E-state index < -0.39 is 0 Å².